The number of carbonyl (C=O) groups is 1. The number of hydrogen-bond donors (Lipinski definition) is 1. The molecule has 0 unspecified atom stereocenters. The highest BCUT2D eigenvalue weighted by molar-refractivity contribution is 6.21. The lowest BCUT2D eigenvalue weighted by atomic mass is 10.1. The number of aromatic nitrogens is 1. The Morgan fingerprint density at radius 2 is 1.84 bits per heavy atom. The minimum absolute atomic E-state index is 0.0666. The molecule has 2 heterocycles. The second kappa shape index (κ2) is 4.35. The molecule has 94 valence electrons. The van der Waals surface area contributed by atoms with Crippen LogP contribution in [-0.4, -0.2) is 5.78 Å². The zero-order valence-corrected chi connectivity index (χ0v) is 11.0. The van der Waals surface area contributed by atoms with Gasteiger partial charge >= 0.3 is 0 Å². The normalized spacial score (nSPS) is 16.0. The third-order valence-corrected chi connectivity index (χ3v) is 3.47. The van der Waals surface area contributed by atoms with Gasteiger partial charge in [0.05, 0.1) is 5.70 Å². The number of allylic oxidation sites excluding steroid dienone is 2. The molecule has 2 aromatic rings. The van der Waals surface area contributed by atoms with Crippen LogP contribution >= 0.6 is 0 Å². The van der Waals surface area contributed by atoms with E-state index < -0.39 is 0 Å². The topological polar surface area (TPSA) is 33.0 Å². The summed E-state index contributed by atoms with van der Waals surface area (Å²) in [4.78, 5) is 12.4. The highest BCUT2D eigenvalue weighted by atomic mass is 16.1. The van der Waals surface area contributed by atoms with Crippen molar-refractivity contribution in [3.05, 3.63) is 65.6 Å². The van der Waals surface area contributed by atoms with Crippen molar-refractivity contribution < 1.29 is 9.36 Å². The summed E-state index contributed by atoms with van der Waals surface area (Å²) in [5.74, 6) is 0.0666. The van der Waals surface area contributed by atoms with Gasteiger partial charge in [0, 0.05) is 29.0 Å². The molecule has 0 saturated heterocycles. The molecule has 1 aromatic heterocycles. The number of ketones is 1. The van der Waals surface area contributed by atoms with E-state index in [1.807, 2.05) is 67.2 Å². The maximum Gasteiger partial charge on any atom is 0.211 e. The Balaban J connectivity index is 2.12. The minimum Gasteiger partial charge on any atom is -0.351 e. The van der Waals surface area contributed by atoms with Gasteiger partial charge in [-0.15, -0.1) is 0 Å². The predicted octanol–water partition coefficient (Wildman–Crippen LogP) is 2.55. The quantitative estimate of drug-likeness (QED) is 0.624. The summed E-state index contributed by atoms with van der Waals surface area (Å²) in [6.45, 7) is 1.97. The van der Waals surface area contributed by atoms with Crippen LogP contribution in [0.5, 0.6) is 0 Å². The largest absolute Gasteiger partial charge is 0.351 e. The van der Waals surface area contributed by atoms with Crippen LogP contribution < -0.4 is 9.88 Å². The summed E-state index contributed by atoms with van der Waals surface area (Å²) < 4.78 is 2.01. The van der Waals surface area contributed by atoms with Gasteiger partial charge in [0.2, 0.25) is 11.5 Å². The van der Waals surface area contributed by atoms with Gasteiger partial charge in [0.1, 0.15) is 7.05 Å². The smallest absolute Gasteiger partial charge is 0.211 e. The second-order valence-electron chi connectivity index (χ2n) is 4.70. The zero-order chi connectivity index (χ0) is 13.4. The van der Waals surface area contributed by atoms with Crippen molar-refractivity contribution in [3.8, 4) is 0 Å². The second-order valence-corrected chi connectivity index (χ2v) is 4.70. The van der Waals surface area contributed by atoms with Gasteiger partial charge < -0.3 is 5.32 Å². The molecule has 0 saturated carbocycles. The molecule has 1 N–H and O–H groups in total. The Hall–Kier alpha value is -2.42. The Morgan fingerprint density at radius 3 is 2.58 bits per heavy atom. The molecule has 1 aliphatic rings. The molecule has 3 heteroatoms. The fourth-order valence-electron chi connectivity index (χ4n) is 2.42. The molecule has 0 aliphatic carbocycles. The van der Waals surface area contributed by atoms with Gasteiger partial charge in [0.25, 0.3) is 0 Å². The summed E-state index contributed by atoms with van der Waals surface area (Å²) in [7, 11) is 1.98. The van der Waals surface area contributed by atoms with Gasteiger partial charge in [-0.05, 0) is 25.1 Å². The Morgan fingerprint density at radius 1 is 1.11 bits per heavy atom. The van der Waals surface area contributed by atoms with Crippen LogP contribution in [-0.2, 0) is 7.05 Å². The van der Waals surface area contributed by atoms with E-state index in [-0.39, 0.29) is 5.78 Å². The van der Waals surface area contributed by atoms with E-state index in [1.54, 1.807) is 0 Å². The summed E-state index contributed by atoms with van der Waals surface area (Å²) in [6.07, 6.45) is 1.98. The number of nitrogens with one attached hydrogen (secondary N) is 1. The number of para-hydroxylation sites is 1. The molecular formula is C16H15N2O+. The predicted molar refractivity (Wildman–Crippen MR) is 74.6 cm³/mol. The molecule has 1 aliphatic heterocycles. The van der Waals surface area contributed by atoms with Gasteiger partial charge in [0.15, 0.2) is 6.20 Å². The highest BCUT2D eigenvalue weighted by Crippen LogP contribution is 2.31. The standard InChI is InChI=1S/C16H14N2O/c1-11(14-9-5-6-10-18(14)2)15-16(19)12-7-3-4-8-13(12)17-15/h3-10H,1-2H3/p+1. The minimum atomic E-state index is 0.0666. The number of rotatable bonds is 1. The molecule has 0 fully saturated rings. The Bertz CT molecular complexity index is 701. The molecule has 0 atom stereocenters. The lowest BCUT2D eigenvalue weighted by Crippen LogP contribution is -2.32. The molecule has 19 heavy (non-hydrogen) atoms. The molecule has 1 aromatic carbocycles. The first-order chi connectivity index (χ1) is 9.18. The van der Waals surface area contributed by atoms with Gasteiger partial charge in [-0.1, -0.05) is 12.1 Å². The van der Waals surface area contributed by atoms with Crippen molar-refractivity contribution in [1.29, 1.82) is 0 Å². The number of benzene rings is 1. The monoisotopic (exact) mass is 251 g/mol. The lowest BCUT2D eigenvalue weighted by Gasteiger charge is -2.04. The molecule has 0 spiro atoms. The molecule has 0 amide bonds. The van der Waals surface area contributed by atoms with Gasteiger partial charge in [-0.25, -0.2) is 4.57 Å². The Labute approximate surface area is 112 Å². The van der Waals surface area contributed by atoms with Crippen LogP contribution in [0.15, 0.2) is 54.4 Å². The summed E-state index contributed by atoms with van der Waals surface area (Å²) in [5.41, 5.74) is 4.30. The van der Waals surface area contributed by atoms with Crippen molar-refractivity contribution in [1.82, 2.24) is 0 Å². The van der Waals surface area contributed by atoms with E-state index in [4.69, 9.17) is 0 Å². The number of aryl methyl sites for hydroxylation is 1. The molecule has 0 radical (unpaired) electrons. The third kappa shape index (κ3) is 1.83. The molecular weight excluding hydrogens is 236 g/mol. The van der Waals surface area contributed by atoms with Crippen LogP contribution in [0.3, 0.4) is 0 Å². The molecule has 3 rings (SSSR count). The van der Waals surface area contributed by atoms with E-state index >= 15 is 0 Å². The Kier molecular flexibility index (Phi) is 2.67. The molecule has 0 bridgehead atoms. The van der Waals surface area contributed by atoms with Crippen molar-refractivity contribution >= 4 is 17.0 Å². The van der Waals surface area contributed by atoms with E-state index in [0.29, 0.717) is 5.70 Å². The molecule has 3 nitrogen and oxygen atoms in total. The van der Waals surface area contributed by atoms with Crippen LogP contribution in [0.1, 0.15) is 23.0 Å². The van der Waals surface area contributed by atoms with E-state index in [1.165, 1.54) is 0 Å². The average Bonchev–Trinajstić information content (AvgIpc) is 2.77. The first-order valence-corrected chi connectivity index (χ1v) is 6.25. The van der Waals surface area contributed by atoms with Crippen molar-refractivity contribution in [2.75, 3.05) is 5.32 Å². The van der Waals surface area contributed by atoms with Crippen LogP contribution in [0.4, 0.5) is 5.69 Å². The number of anilines is 1. The summed E-state index contributed by atoms with van der Waals surface area (Å²) in [6, 6.07) is 13.6. The van der Waals surface area contributed by atoms with Crippen LogP contribution in [0, 0.1) is 0 Å². The van der Waals surface area contributed by atoms with E-state index in [0.717, 1.165) is 22.5 Å². The van der Waals surface area contributed by atoms with E-state index in [2.05, 4.69) is 5.32 Å². The van der Waals surface area contributed by atoms with Gasteiger partial charge in [-0.3, -0.25) is 4.79 Å². The zero-order valence-electron chi connectivity index (χ0n) is 11.0. The fraction of sp³-hybridized carbons (Fsp3) is 0.125. The number of pyridine rings is 1. The average molecular weight is 251 g/mol. The van der Waals surface area contributed by atoms with Gasteiger partial charge in [-0.2, -0.15) is 0 Å². The number of Topliss-reactive ketones (excluding diaryl/α,β-unsaturated/α-hetero) is 1. The summed E-state index contributed by atoms with van der Waals surface area (Å²) in [5, 5.41) is 3.23. The maximum atomic E-state index is 12.4. The number of hydrogen-bond acceptors (Lipinski definition) is 2. The highest BCUT2D eigenvalue weighted by Gasteiger charge is 2.27. The van der Waals surface area contributed by atoms with Crippen molar-refractivity contribution in [2.45, 2.75) is 6.92 Å². The van der Waals surface area contributed by atoms with E-state index in [9.17, 15) is 4.79 Å². The number of fused-ring (bicyclic) bond motifs is 1. The first-order valence-electron chi connectivity index (χ1n) is 6.25. The summed E-state index contributed by atoms with van der Waals surface area (Å²) >= 11 is 0. The van der Waals surface area contributed by atoms with Crippen LogP contribution in [0.25, 0.3) is 5.57 Å². The fourth-order valence-corrected chi connectivity index (χ4v) is 2.42. The van der Waals surface area contributed by atoms with Crippen molar-refractivity contribution in [2.24, 2.45) is 7.05 Å². The number of nitrogens with zero attached hydrogens (tertiary/aromatic N) is 1. The first kappa shape index (κ1) is 11.7. The SMILES string of the molecule is CC(=C1Nc2ccccc2C1=O)c1cccc[n+]1C. The van der Waals surface area contributed by atoms with Crippen molar-refractivity contribution in [3.63, 3.8) is 0 Å². The maximum absolute atomic E-state index is 12.4. The third-order valence-electron chi connectivity index (χ3n) is 3.47. The van der Waals surface area contributed by atoms with Crippen LogP contribution in [0.2, 0.25) is 0 Å². The lowest BCUT2D eigenvalue weighted by molar-refractivity contribution is -0.673. The number of carbonyl (C=O) groups excluding carboxylic acids is 1.